The number of hydrogen-bond donors (Lipinski definition) is 0. The first-order valence-corrected chi connectivity index (χ1v) is 9.79. The Labute approximate surface area is 157 Å². The van der Waals surface area contributed by atoms with E-state index >= 15 is 0 Å². The third-order valence-electron chi connectivity index (χ3n) is 4.42. The van der Waals surface area contributed by atoms with Crippen LogP contribution in [0.1, 0.15) is 62.6 Å². The fraction of sp³-hybridized carbons (Fsp3) is 0.375. The minimum Gasteiger partial charge on any atom is -0.423 e. The second-order valence-corrected chi connectivity index (χ2v) is 6.70. The first kappa shape index (κ1) is 20.0. The summed E-state index contributed by atoms with van der Waals surface area (Å²) in [4.78, 5) is 12.0. The molecule has 2 heteroatoms. The Kier molecular flexibility index (Phi) is 8.68. The highest BCUT2D eigenvalue weighted by Gasteiger charge is 2.01. The van der Waals surface area contributed by atoms with Crippen LogP contribution in [0.5, 0.6) is 5.75 Å². The van der Waals surface area contributed by atoms with Gasteiger partial charge in [0.05, 0.1) is 0 Å². The van der Waals surface area contributed by atoms with Gasteiger partial charge in [0.15, 0.2) is 0 Å². The fourth-order valence-corrected chi connectivity index (χ4v) is 2.79. The predicted octanol–water partition coefficient (Wildman–Crippen LogP) is 6.38. The highest BCUT2D eigenvalue weighted by atomic mass is 16.5. The number of unbranched alkanes of at least 4 members (excludes halogenated alkanes) is 3. The van der Waals surface area contributed by atoms with E-state index < -0.39 is 0 Å². The molecule has 2 nitrogen and oxygen atoms in total. The van der Waals surface area contributed by atoms with E-state index in [1.807, 2.05) is 36.4 Å². The van der Waals surface area contributed by atoms with Crippen molar-refractivity contribution in [3.8, 4) is 5.75 Å². The van der Waals surface area contributed by atoms with Crippen molar-refractivity contribution in [3.63, 3.8) is 0 Å². The standard InChI is InChI=1S/C24H30O2/c1-3-5-7-9-21-14-17-23(18-15-21)26-24(25)19-16-22-12-10-20(11-13-22)8-6-4-2/h10-19H,3-9H2,1-2H3. The number of esters is 1. The number of benzene rings is 2. The van der Waals surface area contributed by atoms with E-state index in [-0.39, 0.29) is 5.97 Å². The Hall–Kier alpha value is -2.35. The molecule has 2 aromatic carbocycles. The van der Waals surface area contributed by atoms with Gasteiger partial charge in [-0.1, -0.05) is 69.5 Å². The van der Waals surface area contributed by atoms with Gasteiger partial charge in [0, 0.05) is 6.08 Å². The maximum absolute atomic E-state index is 12.0. The van der Waals surface area contributed by atoms with Gasteiger partial charge in [0.25, 0.3) is 0 Å². The van der Waals surface area contributed by atoms with Gasteiger partial charge in [-0.25, -0.2) is 4.79 Å². The summed E-state index contributed by atoms with van der Waals surface area (Å²) in [6.07, 6.45) is 11.6. The zero-order valence-corrected chi connectivity index (χ0v) is 16.0. The molecule has 0 unspecified atom stereocenters. The molecule has 0 heterocycles. The van der Waals surface area contributed by atoms with E-state index in [9.17, 15) is 4.79 Å². The maximum Gasteiger partial charge on any atom is 0.336 e. The molecule has 0 aliphatic carbocycles. The highest BCUT2D eigenvalue weighted by molar-refractivity contribution is 5.88. The van der Waals surface area contributed by atoms with Crippen molar-refractivity contribution in [2.24, 2.45) is 0 Å². The van der Waals surface area contributed by atoms with Crippen molar-refractivity contribution in [1.82, 2.24) is 0 Å². The molecule has 0 saturated carbocycles. The van der Waals surface area contributed by atoms with E-state index in [4.69, 9.17) is 4.74 Å². The third kappa shape index (κ3) is 7.26. The van der Waals surface area contributed by atoms with Gasteiger partial charge in [0.1, 0.15) is 5.75 Å². The minimum absolute atomic E-state index is 0.348. The molecular formula is C24H30O2. The molecule has 0 bridgehead atoms. The molecule has 0 spiro atoms. The second kappa shape index (κ2) is 11.3. The molecular weight excluding hydrogens is 320 g/mol. The van der Waals surface area contributed by atoms with Crippen molar-refractivity contribution in [3.05, 3.63) is 71.3 Å². The molecule has 0 N–H and O–H groups in total. The molecule has 0 aliphatic heterocycles. The van der Waals surface area contributed by atoms with Gasteiger partial charge < -0.3 is 4.74 Å². The fourth-order valence-electron chi connectivity index (χ4n) is 2.79. The Morgan fingerprint density at radius 1 is 0.808 bits per heavy atom. The van der Waals surface area contributed by atoms with Crippen molar-refractivity contribution in [1.29, 1.82) is 0 Å². The molecule has 0 amide bonds. The number of rotatable bonds is 10. The molecule has 2 rings (SSSR count). The van der Waals surface area contributed by atoms with Gasteiger partial charge in [-0.3, -0.25) is 0 Å². The van der Waals surface area contributed by atoms with Crippen LogP contribution in [-0.4, -0.2) is 5.97 Å². The maximum atomic E-state index is 12.0. The van der Waals surface area contributed by atoms with Crippen molar-refractivity contribution >= 4 is 12.0 Å². The van der Waals surface area contributed by atoms with Crippen LogP contribution in [0.15, 0.2) is 54.6 Å². The molecule has 0 saturated heterocycles. The molecule has 0 radical (unpaired) electrons. The van der Waals surface area contributed by atoms with Crippen molar-refractivity contribution in [2.75, 3.05) is 0 Å². The lowest BCUT2D eigenvalue weighted by molar-refractivity contribution is -0.128. The molecule has 0 aliphatic rings. The summed E-state index contributed by atoms with van der Waals surface area (Å²) in [5.41, 5.74) is 3.64. The van der Waals surface area contributed by atoms with Gasteiger partial charge in [-0.2, -0.15) is 0 Å². The van der Waals surface area contributed by atoms with Crippen LogP contribution in [0.2, 0.25) is 0 Å². The first-order valence-electron chi connectivity index (χ1n) is 9.79. The Morgan fingerprint density at radius 3 is 2.00 bits per heavy atom. The van der Waals surface area contributed by atoms with E-state index in [0.29, 0.717) is 5.75 Å². The van der Waals surface area contributed by atoms with E-state index in [1.165, 1.54) is 49.3 Å². The minimum atomic E-state index is -0.348. The van der Waals surface area contributed by atoms with Gasteiger partial charge >= 0.3 is 5.97 Å². The van der Waals surface area contributed by atoms with E-state index in [0.717, 1.165) is 18.4 Å². The number of aryl methyl sites for hydroxylation is 2. The lowest BCUT2D eigenvalue weighted by atomic mass is 10.1. The third-order valence-corrected chi connectivity index (χ3v) is 4.42. The molecule has 26 heavy (non-hydrogen) atoms. The van der Waals surface area contributed by atoms with Crippen molar-refractivity contribution in [2.45, 2.75) is 58.8 Å². The van der Waals surface area contributed by atoms with E-state index in [2.05, 4.69) is 26.0 Å². The summed E-state index contributed by atoms with van der Waals surface area (Å²) < 4.78 is 5.37. The van der Waals surface area contributed by atoms with Crippen LogP contribution in [-0.2, 0) is 17.6 Å². The SMILES string of the molecule is CCCCCc1ccc(OC(=O)C=Cc2ccc(CCCC)cc2)cc1. The number of ether oxygens (including phenoxy) is 1. The molecule has 2 aromatic rings. The van der Waals surface area contributed by atoms with Crippen molar-refractivity contribution < 1.29 is 9.53 Å². The smallest absolute Gasteiger partial charge is 0.336 e. The summed E-state index contributed by atoms with van der Waals surface area (Å²) in [6, 6.07) is 16.1. The van der Waals surface area contributed by atoms with Crippen LogP contribution in [0.3, 0.4) is 0 Å². The topological polar surface area (TPSA) is 26.3 Å². The van der Waals surface area contributed by atoms with Crippen LogP contribution in [0, 0.1) is 0 Å². The van der Waals surface area contributed by atoms with Gasteiger partial charge in [-0.05, 0) is 60.6 Å². The Morgan fingerprint density at radius 2 is 1.38 bits per heavy atom. The molecule has 0 aromatic heterocycles. The van der Waals surface area contributed by atoms with Gasteiger partial charge in [-0.15, -0.1) is 0 Å². The van der Waals surface area contributed by atoms with E-state index in [1.54, 1.807) is 6.08 Å². The quantitative estimate of drug-likeness (QED) is 0.215. The van der Waals surface area contributed by atoms with Crippen LogP contribution < -0.4 is 4.74 Å². The summed E-state index contributed by atoms with van der Waals surface area (Å²) >= 11 is 0. The average molecular weight is 351 g/mol. The van der Waals surface area contributed by atoms with Crippen LogP contribution >= 0.6 is 0 Å². The summed E-state index contributed by atoms with van der Waals surface area (Å²) in [5, 5.41) is 0. The number of carbonyl (C=O) groups excluding carboxylic acids is 1. The molecule has 0 atom stereocenters. The normalized spacial score (nSPS) is 11.0. The zero-order chi connectivity index (χ0) is 18.6. The Balaban J connectivity index is 1.82. The van der Waals surface area contributed by atoms with Crippen LogP contribution in [0.4, 0.5) is 0 Å². The highest BCUT2D eigenvalue weighted by Crippen LogP contribution is 2.15. The summed E-state index contributed by atoms with van der Waals surface area (Å²) in [7, 11) is 0. The average Bonchev–Trinajstić information content (AvgIpc) is 2.67. The molecule has 0 fully saturated rings. The first-order chi connectivity index (χ1) is 12.7. The zero-order valence-electron chi connectivity index (χ0n) is 16.0. The number of hydrogen-bond acceptors (Lipinski definition) is 2. The largest absolute Gasteiger partial charge is 0.423 e. The molecule has 138 valence electrons. The predicted molar refractivity (Wildman–Crippen MR) is 109 cm³/mol. The summed E-state index contributed by atoms with van der Waals surface area (Å²) in [5.74, 6) is 0.243. The Bertz CT molecular complexity index is 681. The van der Waals surface area contributed by atoms with Gasteiger partial charge in [0.2, 0.25) is 0 Å². The van der Waals surface area contributed by atoms with Crippen LogP contribution in [0.25, 0.3) is 6.08 Å². The lowest BCUT2D eigenvalue weighted by Crippen LogP contribution is -2.03. The lowest BCUT2D eigenvalue weighted by Gasteiger charge is -2.04. The second-order valence-electron chi connectivity index (χ2n) is 6.70. The number of carbonyl (C=O) groups is 1. The monoisotopic (exact) mass is 350 g/mol. The summed E-state index contributed by atoms with van der Waals surface area (Å²) in [6.45, 7) is 4.40.